The Bertz CT molecular complexity index is 1500. The highest BCUT2D eigenvalue weighted by molar-refractivity contribution is 7.21. The minimum absolute atomic E-state index is 0.0524. The van der Waals surface area contributed by atoms with E-state index in [1.165, 1.54) is 18.2 Å². The van der Waals surface area contributed by atoms with Crippen LogP contribution in [0.3, 0.4) is 0 Å². The number of thiazole rings is 1. The maximum atomic E-state index is 14.5. The molecule has 14 heteroatoms. The quantitative estimate of drug-likeness (QED) is 0.244. The van der Waals surface area contributed by atoms with Crippen molar-refractivity contribution in [3.63, 3.8) is 0 Å². The second-order valence-electron chi connectivity index (χ2n) is 7.29. The molecule has 0 aliphatic rings. The molecule has 0 aliphatic heterocycles. The Kier molecular flexibility index (Phi) is 7.45. The number of ether oxygens (including phenoxy) is 2. The van der Waals surface area contributed by atoms with E-state index in [1.807, 2.05) is 0 Å². The molecule has 2 amide bonds. The second-order valence-corrected chi connectivity index (χ2v) is 8.67. The summed E-state index contributed by atoms with van der Waals surface area (Å²) in [4.78, 5) is 33.1. The van der Waals surface area contributed by atoms with Crippen LogP contribution in [0.5, 0.6) is 17.4 Å². The molecule has 0 spiro atoms. The molecule has 0 saturated carbocycles. The highest BCUT2D eigenvalue weighted by Gasteiger charge is 2.31. The summed E-state index contributed by atoms with van der Waals surface area (Å²) in [7, 11) is 0. The zero-order valence-corrected chi connectivity index (χ0v) is 20.2. The maximum absolute atomic E-state index is 14.5. The molecule has 192 valence electrons. The first kappa shape index (κ1) is 26.1. The average Bonchev–Trinajstić information content (AvgIpc) is 3.22. The van der Waals surface area contributed by atoms with E-state index < -0.39 is 23.8 Å². The minimum Gasteiger partial charge on any atom is -0.437 e. The van der Waals surface area contributed by atoms with E-state index in [-0.39, 0.29) is 40.2 Å². The van der Waals surface area contributed by atoms with Crippen LogP contribution in [0, 0.1) is 5.82 Å². The number of alkyl halides is 3. The lowest BCUT2D eigenvalue weighted by Gasteiger charge is -2.12. The fraction of sp³-hybridized carbons (Fsp3) is 0.130. The molecular weight excluding hydrogens is 540 g/mol. The van der Waals surface area contributed by atoms with Crippen LogP contribution in [0.25, 0.3) is 10.3 Å². The topological polar surface area (TPSA) is 102 Å². The molecule has 37 heavy (non-hydrogen) atoms. The molecule has 4 aromatic rings. The predicted molar refractivity (Wildman–Crippen MR) is 129 cm³/mol. The molecule has 0 aliphatic carbocycles. The second kappa shape index (κ2) is 10.6. The van der Waals surface area contributed by atoms with E-state index >= 15 is 0 Å². The number of hydrogen-bond donors (Lipinski definition) is 2. The van der Waals surface area contributed by atoms with Crippen LogP contribution in [-0.2, 0) is 4.79 Å². The van der Waals surface area contributed by atoms with Gasteiger partial charge in [-0.2, -0.15) is 0 Å². The van der Waals surface area contributed by atoms with Crippen LogP contribution >= 0.6 is 22.9 Å². The van der Waals surface area contributed by atoms with Crippen molar-refractivity contribution >= 4 is 55.9 Å². The first-order valence-corrected chi connectivity index (χ1v) is 11.6. The van der Waals surface area contributed by atoms with Crippen LogP contribution < -0.4 is 20.1 Å². The summed E-state index contributed by atoms with van der Waals surface area (Å²) < 4.78 is 61.4. The molecule has 2 heterocycles. The van der Waals surface area contributed by atoms with E-state index in [1.54, 1.807) is 13.0 Å². The molecule has 0 unspecified atom stereocenters. The van der Waals surface area contributed by atoms with Crippen molar-refractivity contribution in [1.82, 2.24) is 9.97 Å². The van der Waals surface area contributed by atoms with Gasteiger partial charge in [0.15, 0.2) is 5.13 Å². The summed E-state index contributed by atoms with van der Waals surface area (Å²) in [5.41, 5.74) is -0.0320. The Balaban J connectivity index is 1.54. The number of fused-ring (bicyclic) bond motifs is 1. The highest BCUT2D eigenvalue weighted by Crippen LogP contribution is 2.35. The average molecular weight is 555 g/mol. The van der Waals surface area contributed by atoms with Crippen molar-refractivity contribution in [2.75, 3.05) is 10.6 Å². The standard InChI is InChI=1S/C23H15ClF4N4O4S/c1-2-18(33)31-22-30-15-6-7-19(32-21(15)37-22)35-17-10-16(14(25)9-13(17)24)29-20(34)11-4-3-5-12(8-11)36-23(26,27)28/h3-10H,2H2,1H3,(H,29,34)(H,30,31,33). The largest absolute Gasteiger partial charge is 0.573 e. The van der Waals surface area contributed by atoms with Crippen molar-refractivity contribution in [2.24, 2.45) is 0 Å². The van der Waals surface area contributed by atoms with Gasteiger partial charge in [-0.05, 0) is 30.3 Å². The number of carbonyl (C=O) groups excluding carboxylic acids is 2. The van der Waals surface area contributed by atoms with Crippen LogP contribution in [0.4, 0.5) is 28.4 Å². The molecule has 2 N–H and O–H groups in total. The van der Waals surface area contributed by atoms with E-state index in [0.29, 0.717) is 15.5 Å². The fourth-order valence-corrected chi connectivity index (χ4v) is 4.00. The molecule has 0 radical (unpaired) electrons. The van der Waals surface area contributed by atoms with Gasteiger partial charge in [0.25, 0.3) is 5.91 Å². The van der Waals surface area contributed by atoms with E-state index in [2.05, 4.69) is 25.3 Å². The van der Waals surface area contributed by atoms with Crippen molar-refractivity contribution in [2.45, 2.75) is 19.7 Å². The Labute approximate surface area is 215 Å². The normalized spacial score (nSPS) is 11.3. The summed E-state index contributed by atoms with van der Waals surface area (Å²) in [6.45, 7) is 1.70. The van der Waals surface area contributed by atoms with Gasteiger partial charge >= 0.3 is 6.36 Å². The monoisotopic (exact) mass is 554 g/mol. The molecule has 4 rings (SSSR count). The summed E-state index contributed by atoms with van der Waals surface area (Å²) in [6, 6.07) is 9.39. The van der Waals surface area contributed by atoms with Crippen LogP contribution in [0.15, 0.2) is 48.5 Å². The number of rotatable bonds is 7. The lowest BCUT2D eigenvalue weighted by atomic mass is 10.2. The number of halogens is 5. The van der Waals surface area contributed by atoms with Gasteiger partial charge in [0.1, 0.15) is 27.7 Å². The minimum atomic E-state index is -4.94. The Morgan fingerprint density at radius 3 is 2.59 bits per heavy atom. The first-order chi connectivity index (χ1) is 17.5. The SMILES string of the molecule is CCC(=O)Nc1nc2ccc(Oc3cc(NC(=O)c4cccc(OC(F)(F)F)c4)c(F)cc3Cl)nc2s1. The number of carbonyl (C=O) groups is 2. The van der Waals surface area contributed by atoms with Crippen molar-refractivity contribution in [1.29, 1.82) is 0 Å². The van der Waals surface area contributed by atoms with Crippen LogP contribution in [0.2, 0.25) is 5.02 Å². The van der Waals surface area contributed by atoms with E-state index in [9.17, 15) is 27.2 Å². The van der Waals surface area contributed by atoms with Gasteiger partial charge in [0.2, 0.25) is 11.8 Å². The molecule has 2 aromatic carbocycles. The maximum Gasteiger partial charge on any atom is 0.573 e. The number of benzene rings is 2. The van der Waals surface area contributed by atoms with Crippen molar-refractivity contribution in [3.8, 4) is 17.4 Å². The number of nitrogens with zero attached hydrogens (tertiary/aromatic N) is 2. The number of aromatic nitrogens is 2. The predicted octanol–water partition coefficient (Wildman–Crippen LogP) is 6.78. The summed E-state index contributed by atoms with van der Waals surface area (Å²) in [5, 5.41) is 5.14. The van der Waals surface area contributed by atoms with Gasteiger partial charge < -0.3 is 20.1 Å². The van der Waals surface area contributed by atoms with Crippen molar-refractivity contribution < 1.29 is 36.6 Å². The summed E-state index contributed by atoms with van der Waals surface area (Å²) in [5.74, 6) is -2.59. The molecular formula is C23H15ClF4N4O4S. The number of nitrogens with one attached hydrogen (secondary N) is 2. The molecule has 8 nitrogen and oxygen atoms in total. The first-order valence-electron chi connectivity index (χ1n) is 10.4. The third-order valence-electron chi connectivity index (χ3n) is 4.61. The molecule has 2 aromatic heterocycles. The highest BCUT2D eigenvalue weighted by atomic mass is 35.5. The number of anilines is 2. The lowest BCUT2D eigenvalue weighted by Crippen LogP contribution is -2.18. The van der Waals surface area contributed by atoms with Gasteiger partial charge in [0.05, 0.1) is 10.7 Å². The number of pyridine rings is 1. The Morgan fingerprint density at radius 2 is 1.86 bits per heavy atom. The molecule has 0 fully saturated rings. The Hall–Kier alpha value is -3.97. The lowest BCUT2D eigenvalue weighted by molar-refractivity contribution is -0.274. The smallest absolute Gasteiger partial charge is 0.437 e. The van der Waals surface area contributed by atoms with Gasteiger partial charge in [0, 0.05) is 24.1 Å². The van der Waals surface area contributed by atoms with Gasteiger partial charge in [-0.25, -0.2) is 14.4 Å². The molecule has 0 saturated heterocycles. The van der Waals surface area contributed by atoms with Crippen molar-refractivity contribution in [3.05, 3.63) is 64.9 Å². The summed E-state index contributed by atoms with van der Waals surface area (Å²) in [6.07, 6.45) is -4.66. The molecule has 0 atom stereocenters. The zero-order valence-electron chi connectivity index (χ0n) is 18.7. The van der Waals surface area contributed by atoms with Gasteiger partial charge in [-0.3, -0.25) is 9.59 Å². The fourth-order valence-electron chi connectivity index (χ4n) is 2.96. The third-order valence-corrected chi connectivity index (χ3v) is 5.79. The number of amides is 2. The summed E-state index contributed by atoms with van der Waals surface area (Å²) >= 11 is 7.22. The Morgan fingerprint density at radius 1 is 1.08 bits per heavy atom. The van der Waals surface area contributed by atoms with Gasteiger partial charge in [-0.15, -0.1) is 13.2 Å². The van der Waals surface area contributed by atoms with Crippen LogP contribution in [0.1, 0.15) is 23.7 Å². The van der Waals surface area contributed by atoms with Crippen LogP contribution in [-0.4, -0.2) is 28.1 Å². The zero-order chi connectivity index (χ0) is 26.7. The third kappa shape index (κ3) is 6.62. The van der Waals surface area contributed by atoms with E-state index in [0.717, 1.165) is 35.6 Å². The molecule has 0 bridgehead atoms. The van der Waals surface area contributed by atoms with E-state index in [4.69, 9.17) is 16.3 Å². The number of hydrogen-bond acceptors (Lipinski definition) is 7. The van der Waals surface area contributed by atoms with Gasteiger partial charge in [-0.1, -0.05) is 35.9 Å².